The second-order valence-electron chi connectivity index (χ2n) is 7.98. The van der Waals surface area contributed by atoms with Gasteiger partial charge in [-0.05, 0) is 18.4 Å². The minimum atomic E-state index is -2.62. The molecule has 0 unspecified atom stereocenters. The number of thioether (sulfide) groups is 1. The molecule has 2 amide bonds. The molecule has 1 aromatic rings. The highest BCUT2D eigenvalue weighted by atomic mass is 32.2. The molecule has 2 N–H and O–H groups in total. The minimum Gasteiger partial charge on any atom is -0.461 e. The van der Waals surface area contributed by atoms with Crippen LogP contribution in [0.1, 0.15) is 26.3 Å². The third kappa shape index (κ3) is 4.09. The lowest BCUT2D eigenvalue weighted by molar-refractivity contribution is -0.213. The van der Waals surface area contributed by atoms with Crippen molar-refractivity contribution >= 4 is 35.3 Å². The zero-order chi connectivity index (χ0) is 22.1. The van der Waals surface area contributed by atoms with Crippen molar-refractivity contribution < 1.29 is 29.0 Å². The first kappa shape index (κ1) is 22.3. The first-order chi connectivity index (χ1) is 14.2. The van der Waals surface area contributed by atoms with E-state index in [-0.39, 0.29) is 31.4 Å². The maximum Gasteiger partial charge on any atom is 0.368 e. The van der Waals surface area contributed by atoms with Crippen molar-refractivity contribution in [2.45, 2.75) is 43.5 Å². The van der Waals surface area contributed by atoms with E-state index in [0.29, 0.717) is 0 Å². The van der Waals surface area contributed by atoms with Gasteiger partial charge in [0.15, 0.2) is 0 Å². The smallest absolute Gasteiger partial charge is 0.368 e. The van der Waals surface area contributed by atoms with E-state index in [1.54, 1.807) is 6.92 Å². The zero-order valence-electron chi connectivity index (χ0n) is 17.2. The summed E-state index contributed by atoms with van der Waals surface area (Å²) >= 11 is 1.19. The zero-order valence-corrected chi connectivity index (χ0v) is 18.0. The van der Waals surface area contributed by atoms with Gasteiger partial charge in [0.25, 0.3) is 0 Å². The number of hydrogen-bond acceptors (Lipinski definition) is 7. The van der Waals surface area contributed by atoms with Gasteiger partial charge < -0.3 is 15.2 Å². The number of hydrogen-bond donors (Lipinski definition) is 2. The van der Waals surface area contributed by atoms with Crippen molar-refractivity contribution in [3.8, 4) is 0 Å². The van der Waals surface area contributed by atoms with Crippen molar-refractivity contribution in [3.05, 3.63) is 35.9 Å². The number of aliphatic hydroxyl groups is 1. The Morgan fingerprint density at radius 3 is 2.57 bits per heavy atom. The quantitative estimate of drug-likeness (QED) is 0.369. The Kier molecular flexibility index (Phi) is 6.52. The number of Topliss-reactive ketones (excluding diaryl/α,β-unsaturated/α-hetero) is 1. The van der Waals surface area contributed by atoms with Gasteiger partial charge in [0.2, 0.25) is 17.6 Å². The molecule has 162 valence electrons. The highest BCUT2D eigenvalue weighted by molar-refractivity contribution is 8.01. The SMILES string of the molecule is CC(C)COC(=O)[C@]1(O)C(=O)[C@@H](C)S[C@@H]2[C@H](CNC(=O)Cc3ccccc3)C(=O)N21. The van der Waals surface area contributed by atoms with Crippen molar-refractivity contribution in [2.75, 3.05) is 13.2 Å². The van der Waals surface area contributed by atoms with Crippen LogP contribution in [0.2, 0.25) is 0 Å². The van der Waals surface area contributed by atoms with Crippen LogP contribution >= 0.6 is 11.8 Å². The molecular formula is C21H26N2O6S. The van der Waals surface area contributed by atoms with Gasteiger partial charge >= 0.3 is 11.7 Å². The summed E-state index contributed by atoms with van der Waals surface area (Å²) in [6, 6.07) is 9.21. The summed E-state index contributed by atoms with van der Waals surface area (Å²) in [5, 5.41) is 12.4. The summed E-state index contributed by atoms with van der Waals surface area (Å²) in [6.45, 7) is 5.33. The van der Waals surface area contributed by atoms with Crippen molar-refractivity contribution in [2.24, 2.45) is 11.8 Å². The van der Waals surface area contributed by atoms with Crippen molar-refractivity contribution in [3.63, 3.8) is 0 Å². The third-order valence-electron chi connectivity index (χ3n) is 5.12. The predicted molar refractivity (Wildman–Crippen MR) is 110 cm³/mol. The highest BCUT2D eigenvalue weighted by Crippen LogP contribution is 2.47. The van der Waals surface area contributed by atoms with Gasteiger partial charge in [-0.25, -0.2) is 4.79 Å². The summed E-state index contributed by atoms with van der Waals surface area (Å²) in [4.78, 5) is 51.0. The number of ether oxygens (including phenoxy) is 1. The minimum absolute atomic E-state index is 0.0125. The molecule has 2 aliphatic heterocycles. The third-order valence-corrected chi connectivity index (χ3v) is 6.56. The van der Waals surface area contributed by atoms with E-state index in [9.17, 15) is 24.3 Å². The number of fused-ring (bicyclic) bond motifs is 1. The number of nitrogens with zero attached hydrogens (tertiary/aromatic N) is 1. The molecule has 0 radical (unpaired) electrons. The fraction of sp³-hybridized carbons (Fsp3) is 0.524. The molecule has 4 atom stereocenters. The lowest BCUT2D eigenvalue weighted by Gasteiger charge is -2.56. The topological polar surface area (TPSA) is 113 Å². The Morgan fingerprint density at radius 1 is 1.27 bits per heavy atom. The monoisotopic (exact) mass is 434 g/mol. The van der Waals surface area contributed by atoms with E-state index in [4.69, 9.17) is 4.74 Å². The number of esters is 1. The number of ketones is 1. The average molecular weight is 435 g/mol. The summed E-state index contributed by atoms with van der Waals surface area (Å²) < 4.78 is 5.08. The number of benzene rings is 1. The van der Waals surface area contributed by atoms with Crippen LogP contribution in [0, 0.1) is 11.8 Å². The maximum absolute atomic E-state index is 12.7. The van der Waals surface area contributed by atoms with E-state index in [1.165, 1.54) is 11.8 Å². The van der Waals surface area contributed by atoms with Crippen molar-refractivity contribution in [1.29, 1.82) is 0 Å². The van der Waals surface area contributed by atoms with E-state index in [2.05, 4.69) is 5.32 Å². The molecule has 3 rings (SSSR count). The molecule has 30 heavy (non-hydrogen) atoms. The predicted octanol–water partition coefficient (Wildman–Crippen LogP) is 0.722. The van der Waals surface area contributed by atoms with E-state index in [1.807, 2.05) is 44.2 Å². The van der Waals surface area contributed by atoms with Gasteiger partial charge in [-0.1, -0.05) is 44.2 Å². The standard InChI is InChI=1S/C21H26N2O6S/c1-12(2)11-29-20(27)21(28)17(25)13(3)30-19-15(18(26)23(19)21)10-22-16(24)9-14-7-5-4-6-8-14/h4-8,12-13,15,19,28H,9-11H2,1-3H3,(H,22,24)/t13-,15-,19-,21-/m1/s1. The van der Waals surface area contributed by atoms with Crippen LogP contribution in [0.15, 0.2) is 30.3 Å². The second-order valence-corrected chi connectivity index (χ2v) is 9.44. The summed E-state index contributed by atoms with van der Waals surface area (Å²) in [5.41, 5.74) is -1.77. The number of β-lactam (4-membered cyclic amide) rings is 1. The lowest BCUT2D eigenvalue weighted by atomic mass is 9.90. The molecule has 2 saturated heterocycles. The molecular weight excluding hydrogens is 408 g/mol. The van der Waals surface area contributed by atoms with E-state index >= 15 is 0 Å². The number of amides is 2. The molecule has 8 nitrogen and oxygen atoms in total. The first-order valence-electron chi connectivity index (χ1n) is 9.89. The Hall–Kier alpha value is -2.39. The maximum atomic E-state index is 12.7. The molecule has 0 bridgehead atoms. The van der Waals surface area contributed by atoms with Crippen LogP contribution in [0.25, 0.3) is 0 Å². The second kappa shape index (κ2) is 8.77. The molecule has 0 spiro atoms. The number of nitrogens with one attached hydrogen (secondary N) is 1. The molecule has 0 saturated carbocycles. The fourth-order valence-corrected chi connectivity index (χ4v) is 4.98. The van der Waals surface area contributed by atoms with Gasteiger partial charge in [0, 0.05) is 6.54 Å². The van der Waals surface area contributed by atoms with Crippen LogP contribution in [0.3, 0.4) is 0 Å². The lowest BCUT2D eigenvalue weighted by Crippen LogP contribution is -2.78. The van der Waals surface area contributed by atoms with Crippen LogP contribution in [0.5, 0.6) is 0 Å². The Balaban J connectivity index is 1.66. The van der Waals surface area contributed by atoms with Gasteiger partial charge in [0.05, 0.1) is 29.6 Å². The molecule has 0 aromatic heterocycles. The summed E-state index contributed by atoms with van der Waals surface area (Å²) in [5.74, 6) is -3.30. The van der Waals surface area contributed by atoms with Gasteiger partial charge in [-0.2, -0.15) is 0 Å². The summed E-state index contributed by atoms with van der Waals surface area (Å²) in [7, 11) is 0. The van der Waals surface area contributed by atoms with Crippen LogP contribution < -0.4 is 5.32 Å². The van der Waals surface area contributed by atoms with Gasteiger partial charge in [0.1, 0.15) is 0 Å². The molecule has 2 fully saturated rings. The van der Waals surface area contributed by atoms with Crippen LogP contribution in [-0.2, 0) is 30.3 Å². The number of carbonyl (C=O) groups is 4. The molecule has 1 aromatic carbocycles. The first-order valence-corrected chi connectivity index (χ1v) is 10.8. The summed E-state index contributed by atoms with van der Waals surface area (Å²) in [6.07, 6.45) is 0.184. The number of carbonyl (C=O) groups excluding carboxylic acids is 4. The van der Waals surface area contributed by atoms with E-state index in [0.717, 1.165) is 10.5 Å². The fourth-order valence-electron chi connectivity index (χ4n) is 3.49. The van der Waals surface area contributed by atoms with Gasteiger partial charge in [-0.3, -0.25) is 19.3 Å². The van der Waals surface area contributed by atoms with Crippen LogP contribution in [-0.4, -0.2) is 63.1 Å². The van der Waals surface area contributed by atoms with Crippen molar-refractivity contribution in [1.82, 2.24) is 10.2 Å². The Bertz CT molecular complexity index is 845. The Labute approximate surface area is 179 Å². The molecule has 2 aliphatic rings. The molecule has 2 heterocycles. The largest absolute Gasteiger partial charge is 0.461 e. The normalized spacial score (nSPS) is 28.0. The molecule has 9 heteroatoms. The van der Waals surface area contributed by atoms with Crippen LogP contribution in [0.4, 0.5) is 0 Å². The number of rotatable bonds is 7. The average Bonchev–Trinajstić information content (AvgIpc) is 2.70. The Morgan fingerprint density at radius 2 is 1.93 bits per heavy atom. The van der Waals surface area contributed by atoms with E-state index < -0.39 is 39.9 Å². The highest BCUT2D eigenvalue weighted by Gasteiger charge is 2.68. The molecule has 0 aliphatic carbocycles. The van der Waals surface area contributed by atoms with Gasteiger partial charge in [-0.15, -0.1) is 11.8 Å².